The topological polar surface area (TPSA) is 93.5 Å². The molecule has 0 radical (unpaired) electrons. The minimum atomic E-state index is -1.17. The molecule has 0 spiro atoms. The summed E-state index contributed by atoms with van der Waals surface area (Å²) in [5.74, 6) is -0.948. The van der Waals surface area contributed by atoms with Crippen LogP contribution < -0.4 is 10.1 Å². The number of ether oxygens (including phenoxy) is 1. The van der Waals surface area contributed by atoms with Crippen molar-refractivity contribution in [3.8, 4) is 5.75 Å². The van der Waals surface area contributed by atoms with Gasteiger partial charge in [0.2, 0.25) is 0 Å². The van der Waals surface area contributed by atoms with Gasteiger partial charge in [-0.1, -0.05) is 30.3 Å². The van der Waals surface area contributed by atoms with Crippen LogP contribution in [0.5, 0.6) is 5.75 Å². The van der Waals surface area contributed by atoms with Crippen molar-refractivity contribution in [2.45, 2.75) is 31.3 Å². The molecule has 1 aromatic heterocycles. The van der Waals surface area contributed by atoms with Crippen LogP contribution in [0.2, 0.25) is 0 Å². The molecule has 0 bridgehead atoms. The lowest BCUT2D eigenvalue weighted by Crippen LogP contribution is -2.59. The zero-order chi connectivity index (χ0) is 19.6. The third-order valence-electron chi connectivity index (χ3n) is 5.25. The number of carbonyl (C=O) groups excluding carboxylic acids is 1. The van der Waals surface area contributed by atoms with Crippen LogP contribution in [0, 0.1) is 0 Å². The first-order valence-corrected chi connectivity index (χ1v) is 9.25. The van der Waals surface area contributed by atoms with Crippen LogP contribution in [0.25, 0.3) is 10.8 Å². The number of hydrogen-bond acceptors (Lipinski definition) is 4. The fourth-order valence-electron chi connectivity index (χ4n) is 3.46. The molecule has 0 unspecified atom stereocenters. The number of aliphatic carboxylic acids is 1. The molecule has 1 aliphatic carbocycles. The van der Waals surface area contributed by atoms with E-state index in [0.29, 0.717) is 37.3 Å². The molecule has 144 valence electrons. The summed E-state index contributed by atoms with van der Waals surface area (Å²) in [4.78, 5) is 28.6. The van der Waals surface area contributed by atoms with E-state index in [2.05, 4.69) is 10.3 Å². The number of carboxylic acids is 1. The summed E-state index contributed by atoms with van der Waals surface area (Å²) >= 11 is 0. The van der Waals surface area contributed by atoms with Gasteiger partial charge in [-0.15, -0.1) is 0 Å². The predicted octanol–water partition coefficient (Wildman–Crippen LogP) is 2.85. The maximum absolute atomic E-state index is 12.9. The number of hydrogen-bond donors (Lipinski definition) is 2. The summed E-state index contributed by atoms with van der Waals surface area (Å²) in [6.45, 7) is 0.943. The molecule has 4 rings (SSSR count). The smallest absolute Gasteiger partial charge is 0.329 e. The molecule has 2 aromatic carbocycles. The maximum atomic E-state index is 12.9. The van der Waals surface area contributed by atoms with Gasteiger partial charge in [-0.25, -0.2) is 9.78 Å². The van der Waals surface area contributed by atoms with Crippen LogP contribution >= 0.6 is 0 Å². The van der Waals surface area contributed by atoms with Crippen LogP contribution in [-0.2, 0) is 11.3 Å². The molecule has 1 amide bonds. The van der Waals surface area contributed by atoms with Gasteiger partial charge >= 0.3 is 5.97 Å². The molecule has 1 aliphatic rings. The molecule has 1 saturated carbocycles. The maximum Gasteiger partial charge on any atom is 0.329 e. The van der Waals surface area contributed by atoms with E-state index < -0.39 is 17.4 Å². The Morgan fingerprint density at radius 3 is 2.71 bits per heavy atom. The average molecular weight is 379 g/mol. The van der Waals surface area contributed by atoms with Gasteiger partial charge in [0.05, 0.1) is 18.4 Å². The molecule has 1 heterocycles. The Balaban J connectivity index is 1.63. The fraction of sp³-hybridized carbons (Fsp3) is 0.286. The van der Waals surface area contributed by atoms with E-state index in [1.165, 1.54) is 0 Å². The molecule has 2 N–H and O–H groups in total. The fourth-order valence-corrected chi connectivity index (χ4v) is 3.46. The number of nitrogens with one attached hydrogen (secondary N) is 1. The van der Waals surface area contributed by atoms with Crippen molar-refractivity contribution in [1.29, 1.82) is 0 Å². The van der Waals surface area contributed by atoms with Gasteiger partial charge in [0, 0.05) is 17.8 Å². The van der Waals surface area contributed by atoms with Gasteiger partial charge < -0.3 is 19.7 Å². The highest BCUT2D eigenvalue weighted by molar-refractivity contribution is 6.05. The van der Waals surface area contributed by atoms with Crippen LogP contribution in [0.3, 0.4) is 0 Å². The third kappa shape index (κ3) is 3.31. The van der Waals surface area contributed by atoms with Crippen molar-refractivity contribution >= 4 is 22.6 Å². The zero-order valence-corrected chi connectivity index (χ0v) is 15.3. The molecule has 0 saturated heterocycles. The Kier molecular flexibility index (Phi) is 4.73. The number of carbonyl (C=O) groups is 2. The first kappa shape index (κ1) is 18.0. The third-order valence-corrected chi connectivity index (χ3v) is 5.25. The van der Waals surface area contributed by atoms with E-state index in [9.17, 15) is 14.7 Å². The van der Waals surface area contributed by atoms with E-state index in [4.69, 9.17) is 4.74 Å². The normalized spacial score (nSPS) is 15.0. The monoisotopic (exact) mass is 379 g/mol. The summed E-state index contributed by atoms with van der Waals surface area (Å²) in [6, 6.07) is 11.2. The van der Waals surface area contributed by atoms with E-state index in [0.717, 1.165) is 17.2 Å². The number of aromatic nitrogens is 2. The Bertz CT molecular complexity index is 1010. The zero-order valence-electron chi connectivity index (χ0n) is 15.3. The molecule has 3 aromatic rings. The highest BCUT2D eigenvalue weighted by Crippen LogP contribution is 2.34. The van der Waals surface area contributed by atoms with Crippen molar-refractivity contribution in [3.05, 3.63) is 60.7 Å². The number of imidazole rings is 1. The lowest BCUT2D eigenvalue weighted by atomic mass is 9.76. The van der Waals surface area contributed by atoms with Crippen LogP contribution in [0.15, 0.2) is 55.1 Å². The summed E-state index contributed by atoms with van der Waals surface area (Å²) in [5, 5.41) is 14.0. The number of benzene rings is 2. The molecule has 1 fully saturated rings. The Hall–Kier alpha value is -3.35. The Morgan fingerprint density at radius 1 is 1.21 bits per heavy atom. The summed E-state index contributed by atoms with van der Waals surface area (Å²) in [7, 11) is 0. The highest BCUT2D eigenvalue weighted by atomic mass is 16.5. The second-order valence-electron chi connectivity index (χ2n) is 7.01. The second kappa shape index (κ2) is 7.34. The van der Waals surface area contributed by atoms with E-state index >= 15 is 0 Å². The van der Waals surface area contributed by atoms with Gasteiger partial charge in [0.1, 0.15) is 17.9 Å². The van der Waals surface area contributed by atoms with Crippen LogP contribution in [-0.4, -0.2) is 38.7 Å². The number of fused-ring (bicyclic) bond motifs is 1. The largest absolute Gasteiger partial charge is 0.490 e. The van der Waals surface area contributed by atoms with Crippen LogP contribution in [0.1, 0.15) is 29.6 Å². The molecule has 7 nitrogen and oxygen atoms in total. The second-order valence-corrected chi connectivity index (χ2v) is 7.01. The number of nitrogens with zero attached hydrogens (tertiary/aromatic N) is 2. The lowest BCUT2D eigenvalue weighted by Gasteiger charge is -2.38. The van der Waals surface area contributed by atoms with Crippen molar-refractivity contribution in [3.63, 3.8) is 0 Å². The van der Waals surface area contributed by atoms with Crippen molar-refractivity contribution in [1.82, 2.24) is 14.9 Å². The lowest BCUT2D eigenvalue weighted by molar-refractivity contribution is -0.148. The number of rotatable bonds is 7. The minimum Gasteiger partial charge on any atom is -0.490 e. The number of amides is 1. The molecular weight excluding hydrogens is 358 g/mol. The molecule has 0 atom stereocenters. The van der Waals surface area contributed by atoms with E-state index in [1.807, 2.05) is 41.1 Å². The van der Waals surface area contributed by atoms with Crippen molar-refractivity contribution in [2.75, 3.05) is 6.61 Å². The average Bonchev–Trinajstić information content (AvgIpc) is 3.17. The number of carboxylic acid groups (broad SMARTS) is 1. The molecule has 28 heavy (non-hydrogen) atoms. The molecule has 0 aliphatic heterocycles. The molecular formula is C21H21N3O4. The standard InChI is InChI=1S/C21H21N3O4/c25-19(23-21(20(26)27)8-3-9-21)17-7-6-15-4-1-2-5-16(15)18(17)28-13-12-24-11-10-22-14-24/h1-2,4-7,10-11,14H,3,8-9,12-13H2,(H,23,25)(H,26,27). The summed E-state index contributed by atoms with van der Waals surface area (Å²) in [6.07, 6.45) is 6.91. The highest BCUT2D eigenvalue weighted by Gasteiger charge is 2.46. The first-order chi connectivity index (χ1) is 13.6. The van der Waals surface area contributed by atoms with Crippen molar-refractivity contribution < 1.29 is 19.4 Å². The van der Waals surface area contributed by atoms with Crippen molar-refractivity contribution in [2.24, 2.45) is 0 Å². The summed E-state index contributed by atoms with van der Waals surface area (Å²) in [5.41, 5.74) is -0.826. The predicted molar refractivity (Wildman–Crippen MR) is 103 cm³/mol. The first-order valence-electron chi connectivity index (χ1n) is 9.25. The van der Waals surface area contributed by atoms with Gasteiger partial charge in [0.15, 0.2) is 0 Å². The van der Waals surface area contributed by atoms with Gasteiger partial charge in [-0.05, 0) is 30.7 Å². The SMILES string of the molecule is O=C(NC1(C(=O)O)CCC1)c1ccc2ccccc2c1OCCn1ccnc1. The van der Waals surface area contributed by atoms with E-state index in [-0.39, 0.29) is 0 Å². The van der Waals surface area contributed by atoms with Gasteiger partial charge in [0.25, 0.3) is 5.91 Å². The van der Waals surface area contributed by atoms with E-state index in [1.54, 1.807) is 18.6 Å². The van der Waals surface area contributed by atoms with Gasteiger partial charge in [-0.2, -0.15) is 0 Å². The van der Waals surface area contributed by atoms with Gasteiger partial charge in [-0.3, -0.25) is 4.79 Å². The quantitative estimate of drug-likeness (QED) is 0.658. The Labute approximate surface area is 162 Å². The minimum absolute atomic E-state index is 0.344. The summed E-state index contributed by atoms with van der Waals surface area (Å²) < 4.78 is 7.90. The molecule has 7 heteroatoms. The van der Waals surface area contributed by atoms with Crippen LogP contribution in [0.4, 0.5) is 0 Å². The Morgan fingerprint density at radius 2 is 2.04 bits per heavy atom.